The van der Waals surface area contributed by atoms with E-state index in [1.807, 2.05) is 78.9 Å². The Bertz CT molecular complexity index is 765. The quantitative estimate of drug-likeness (QED) is 0.442. The Kier molecular flexibility index (Phi) is 10.3. The Balaban J connectivity index is 0.00000176. The summed E-state index contributed by atoms with van der Waals surface area (Å²) in [5.74, 6) is 0.253. The molecule has 2 nitrogen and oxygen atoms in total. The number of hydrogen-bond donors (Lipinski definition) is 1. The van der Waals surface area contributed by atoms with Gasteiger partial charge in [-0.05, 0) is 23.8 Å². The maximum atomic E-state index is 10.4. The zero-order valence-electron chi connectivity index (χ0n) is 12.7. The molecule has 0 aromatic heterocycles. The molecule has 0 unspecified atom stereocenters. The summed E-state index contributed by atoms with van der Waals surface area (Å²) in [5, 5.41) is 10.4. The van der Waals surface area contributed by atoms with Crippen molar-refractivity contribution in [3.8, 4) is 16.9 Å². The molecule has 3 rings (SSSR count). The van der Waals surface area contributed by atoms with Crippen molar-refractivity contribution in [2.75, 3.05) is 0 Å². The van der Waals surface area contributed by atoms with E-state index in [9.17, 15) is 5.11 Å². The average Bonchev–Trinajstić information content (AvgIpc) is 2.56. The van der Waals surface area contributed by atoms with E-state index in [4.69, 9.17) is 0 Å². The number of phenols is 1. The summed E-state index contributed by atoms with van der Waals surface area (Å²) in [7, 11) is 0. The van der Waals surface area contributed by atoms with Crippen LogP contribution in [0.3, 0.4) is 0 Å². The van der Waals surface area contributed by atoms with Crippen LogP contribution in [0.4, 0.5) is 5.69 Å². The van der Waals surface area contributed by atoms with Gasteiger partial charge in [-0.1, -0.05) is 60.7 Å². The third-order valence-corrected chi connectivity index (χ3v) is 3.26. The predicted molar refractivity (Wildman–Crippen MR) is 87.2 cm³/mol. The maximum absolute atomic E-state index is 10.4. The SMILES string of the molecule is Oc1c(C=Nc2ccccc2)cccc1-c1ccccc1.[Cl-].[Cl-].[Ti+2]. The molecule has 0 aliphatic rings. The molecular weight excluding hydrogens is 377 g/mol. The number of aliphatic imine (C=N–C) groups is 1. The van der Waals surface area contributed by atoms with Gasteiger partial charge in [0.2, 0.25) is 0 Å². The van der Waals surface area contributed by atoms with Gasteiger partial charge in [-0.25, -0.2) is 0 Å². The van der Waals surface area contributed by atoms with Gasteiger partial charge in [0, 0.05) is 17.3 Å². The number of hydrogen-bond acceptors (Lipinski definition) is 2. The first-order valence-corrected chi connectivity index (χ1v) is 6.81. The van der Waals surface area contributed by atoms with Gasteiger partial charge < -0.3 is 29.9 Å². The van der Waals surface area contributed by atoms with Crippen molar-refractivity contribution < 1.29 is 51.6 Å². The largest absolute Gasteiger partial charge is 2.00 e. The van der Waals surface area contributed by atoms with Gasteiger partial charge in [0.15, 0.2) is 0 Å². The summed E-state index contributed by atoms with van der Waals surface area (Å²) in [4.78, 5) is 4.39. The number of aromatic hydroxyl groups is 1. The molecule has 0 heterocycles. The average molecular weight is 392 g/mol. The molecule has 0 saturated heterocycles. The van der Waals surface area contributed by atoms with Crippen molar-refractivity contribution in [3.63, 3.8) is 0 Å². The summed E-state index contributed by atoms with van der Waals surface area (Å²) < 4.78 is 0. The zero-order valence-corrected chi connectivity index (χ0v) is 15.8. The van der Waals surface area contributed by atoms with Crippen LogP contribution in [0.5, 0.6) is 5.75 Å². The molecule has 0 amide bonds. The summed E-state index contributed by atoms with van der Waals surface area (Å²) in [5.41, 5.74) is 3.37. The van der Waals surface area contributed by atoms with Crippen molar-refractivity contribution in [1.29, 1.82) is 0 Å². The van der Waals surface area contributed by atoms with Crippen molar-refractivity contribution in [2.45, 2.75) is 0 Å². The molecule has 0 radical (unpaired) electrons. The second-order valence-electron chi connectivity index (χ2n) is 4.70. The molecule has 0 aliphatic carbocycles. The van der Waals surface area contributed by atoms with E-state index < -0.39 is 0 Å². The topological polar surface area (TPSA) is 32.6 Å². The number of benzene rings is 3. The number of rotatable bonds is 3. The van der Waals surface area contributed by atoms with E-state index in [-0.39, 0.29) is 52.3 Å². The van der Waals surface area contributed by atoms with Gasteiger partial charge in [0.05, 0.1) is 5.69 Å². The minimum Gasteiger partial charge on any atom is -1.00 e. The minimum absolute atomic E-state index is 0. The standard InChI is InChI=1S/C19H15NO.2ClH.Ti/c21-19-16(14-20-17-11-5-2-6-12-17)10-7-13-18(19)15-8-3-1-4-9-15;;;/h1-14,21H;2*1H;/q;;;+2/p-2. The van der Waals surface area contributed by atoms with Crippen molar-refractivity contribution in [2.24, 2.45) is 4.99 Å². The smallest absolute Gasteiger partial charge is 1.00 e. The van der Waals surface area contributed by atoms with Gasteiger partial charge in [0.1, 0.15) is 5.75 Å². The fourth-order valence-electron chi connectivity index (χ4n) is 2.17. The summed E-state index contributed by atoms with van der Waals surface area (Å²) in [6.45, 7) is 0. The molecule has 120 valence electrons. The van der Waals surface area contributed by atoms with Crippen molar-refractivity contribution in [1.82, 2.24) is 0 Å². The van der Waals surface area contributed by atoms with Crippen LogP contribution in [-0.4, -0.2) is 11.3 Å². The Morgan fingerprint density at radius 3 is 1.92 bits per heavy atom. The van der Waals surface area contributed by atoms with Crippen LogP contribution >= 0.6 is 0 Å². The van der Waals surface area contributed by atoms with Gasteiger partial charge in [-0.2, -0.15) is 0 Å². The normalized spacial score (nSPS) is 9.50. The summed E-state index contributed by atoms with van der Waals surface area (Å²) in [6.07, 6.45) is 1.69. The molecule has 0 saturated carbocycles. The number of halogens is 2. The third kappa shape index (κ3) is 5.50. The molecule has 3 aromatic carbocycles. The minimum atomic E-state index is 0. The Morgan fingerprint density at radius 1 is 0.708 bits per heavy atom. The summed E-state index contributed by atoms with van der Waals surface area (Å²) >= 11 is 0. The fraction of sp³-hybridized carbons (Fsp3) is 0. The number of para-hydroxylation sites is 2. The molecule has 3 aromatic rings. The molecule has 0 bridgehead atoms. The van der Waals surface area contributed by atoms with Crippen LogP contribution in [0.1, 0.15) is 5.56 Å². The first kappa shape index (κ1) is 22.4. The molecule has 24 heavy (non-hydrogen) atoms. The molecule has 0 spiro atoms. The number of phenolic OH excluding ortho intramolecular Hbond substituents is 1. The fourth-order valence-corrected chi connectivity index (χ4v) is 2.17. The van der Waals surface area contributed by atoms with Gasteiger partial charge in [-0.15, -0.1) is 0 Å². The van der Waals surface area contributed by atoms with Crippen LogP contribution in [0, 0.1) is 0 Å². The molecule has 1 N–H and O–H groups in total. The molecule has 0 fully saturated rings. The third-order valence-electron chi connectivity index (χ3n) is 3.26. The van der Waals surface area contributed by atoms with E-state index in [2.05, 4.69) is 4.99 Å². The molecule has 0 aliphatic heterocycles. The zero-order chi connectivity index (χ0) is 14.5. The van der Waals surface area contributed by atoms with E-state index in [0.29, 0.717) is 5.56 Å². The first-order chi connectivity index (χ1) is 10.3. The van der Waals surface area contributed by atoms with E-state index in [1.54, 1.807) is 6.21 Å². The van der Waals surface area contributed by atoms with Gasteiger partial charge in [0.25, 0.3) is 0 Å². The summed E-state index contributed by atoms with van der Waals surface area (Å²) in [6, 6.07) is 25.2. The van der Waals surface area contributed by atoms with E-state index in [1.165, 1.54) is 0 Å². The second-order valence-corrected chi connectivity index (χ2v) is 4.70. The maximum Gasteiger partial charge on any atom is 2.00 e. The van der Waals surface area contributed by atoms with Crippen LogP contribution in [0.25, 0.3) is 11.1 Å². The van der Waals surface area contributed by atoms with Gasteiger partial charge >= 0.3 is 21.7 Å². The first-order valence-electron chi connectivity index (χ1n) is 6.81. The van der Waals surface area contributed by atoms with Crippen LogP contribution < -0.4 is 24.8 Å². The molecular formula is C19H15Cl2NOTi. The van der Waals surface area contributed by atoms with E-state index in [0.717, 1.165) is 16.8 Å². The second kappa shape index (κ2) is 11.1. The molecule has 0 atom stereocenters. The Labute approximate surface area is 169 Å². The van der Waals surface area contributed by atoms with Crippen LogP contribution in [0.2, 0.25) is 0 Å². The predicted octanol–water partition coefficient (Wildman–Crippen LogP) is -1.18. The molecule has 5 heteroatoms. The Hall–Kier alpha value is -1.58. The van der Waals surface area contributed by atoms with Gasteiger partial charge in [-0.3, -0.25) is 4.99 Å². The van der Waals surface area contributed by atoms with Crippen LogP contribution in [0.15, 0.2) is 83.9 Å². The Morgan fingerprint density at radius 2 is 1.29 bits per heavy atom. The van der Waals surface area contributed by atoms with Crippen molar-refractivity contribution in [3.05, 3.63) is 84.4 Å². The van der Waals surface area contributed by atoms with Crippen molar-refractivity contribution >= 4 is 11.9 Å². The van der Waals surface area contributed by atoms with E-state index >= 15 is 0 Å². The monoisotopic (exact) mass is 391 g/mol. The van der Waals surface area contributed by atoms with Crippen LogP contribution in [-0.2, 0) is 21.7 Å². The number of nitrogens with zero attached hydrogens (tertiary/aromatic N) is 1.